The highest BCUT2D eigenvalue weighted by Crippen LogP contribution is 2.41. The molecule has 12 heteroatoms. The van der Waals surface area contributed by atoms with Crippen molar-refractivity contribution < 1.29 is 28.0 Å². The molecule has 0 radical (unpaired) electrons. The molecular formula is C36H37F2N6O3S+. The van der Waals surface area contributed by atoms with E-state index >= 15 is 4.39 Å². The monoisotopic (exact) mass is 671 g/mol. The van der Waals surface area contributed by atoms with Gasteiger partial charge < -0.3 is 15.2 Å². The van der Waals surface area contributed by atoms with Crippen LogP contribution in [0.25, 0.3) is 11.3 Å². The number of aliphatic hydroxyl groups is 1. The van der Waals surface area contributed by atoms with E-state index in [1.54, 1.807) is 43.8 Å². The van der Waals surface area contributed by atoms with Crippen molar-refractivity contribution in [2.24, 2.45) is 0 Å². The van der Waals surface area contributed by atoms with E-state index in [2.05, 4.69) is 16.5 Å². The highest BCUT2D eigenvalue weighted by atomic mass is 32.1. The zero-order valence-electron chi connectivity index (χ0n) is 27.2. The van der Waals surface area contributed by atoms with Gasteiger partial charge in [-0.15, -0.1) is 16.0 Å². The fourth-order valence-corrected chi connectivity index (χ4v) is 6.60. The molecule has 0 unspecified atom stereocenters. The molecule has 2 heterocycles. The van der Waals surface area contributed by atoms with Gasteiger partial charge in [-0.3, -0.25) is 4.79 Å². The van der Waals surface area contributed by atoms with Gasteiger partial charge in [-0.1, -0.05) is 32.0 Å². The Balaban J connectivity index is 1.38. The van der Waals surface area contributed by atoms with Gasteiger partial charge in [0, 0.05) is 33.6 Å². The van der Waals surface area contributed by atoms with Crippen LogP contribution in [0.4, 0.5) is 8.78 Å². The third-order valence-corrected chi connectivity index (χ3v) is 9.17. The number of thiazole rings is 1. The van der Waals surface area contributed by atoms with Crippen LogP contribution in [0.1, 0.15) is 59.0 Å². The van der Waals surface area contributed by atoms with Gasteiger partial charge >= 0.3 is 5.97 Å². The normalized spacial score (nSPS) is 13.1. The number of esters is 1. The molecule has 2 N–H and O–H groups in total. The van der Waals surface area contributed by atoms with Gasteiger partial charge in [0.1, 0.15) is 29.5 Å². The Morgan fingerprint density at radius 1 is 1.17 bits per heavy atom. The van der Waals surface area contributed by atoms with Crippen LogP contribution in [0.15, 0.2) is 72.6 Å². The standard InChI is InChI=1S/C36H37F2N6O3S/c1-5-12-40-17-33(45)47-34-23(2)13-27(14-24(34)3)18-43-21-41-44(22-43)20-36(46,30-11-10-29(37)15-31(30)38)25(4)35-42-32(19-48-35)28-8-6-26(16-39)7-9-28/h6-11,13-15,19,21-22,25,40,46H,5,12,17-18,20H2,1-4H3/q+1/t25-,36+/m0/s1. The zero-order chi connectivity index (χ0) is 34.4. The van der Waals surface area contributed by atoms with Gasteiger partial charge in [0.05, 0.1) is 35.4 Å². The van der Waals surface area contributed by atoms with Crippen LogP contribution < -0.4 is 14.6 Å². The van der Waals surface area contributed by atoms with Crippen molar-refractivity contribution in [2.75, 3.05) is 13.1 Å². The van der Waals surface area contributed by atoms with Crippen LogP contribution in [0.5, 0.6) is 5.75 Å². The lowest BCUT2D eigenvalue weighted by Crippen LogP contribution is -2.39. The molecule has 0 aliphatic rings. The van der Waals surface area contributed by atoms with E-state index in [0.29, 0.717) is 28.6 Å². The minimum Gasteiger partial charge on any atom is -0.425 e. The molecule has 0 aliphatic carbocycles. The lowest BCUT2D eigenvalue weighted by Gasteiger charge is -2.32. The third-order valence-electron chi connectivity index (χ3n) is 8.15. The summed E-state index contributed by atoms with van der Waals surface area (Å²) in [4.78, 5) is 17.0. The van der Waals surface area contributed by atoms with Crippen molar-refractivity contribution >= 4 is 17.3 Å². The molecule has 0 bridgehead atoms. The number of carbonyl (C=O) groups is 1. The number of nitrogens with zero attached hydrogens (tertiary/aromatic N) is 5. The van der Waals surface area contributed by atoms with Crippen LogP contribution in [0.3, 0.4) is 0 Å². The molecule has 9 nitrogen and oxygen atoms in total. The minimum atomic E-state index is -1.86. The number of hydrogen-bond acceptors (Lipinski definition) is 8. The number of halogens is 2. The number of carbonyl (C=O) groups excluding carboxylic acids is 1. The Kier molecular flexibility index (Phi) is 10.7. The molecule has 2 aromatic heterocycles. The molecule has 0 aliphatic heterocycles. The molecule has 5 rings (SSSR count). The van der Waals surface area contributed by atoms with E-state index in [1.807, 2.05) is 42.9 Å². The summed E-state index contributed by atoms with van der Waals surface area (Å²) in [6.07, 6.45) is 4.24. The van der Waals surface area contributed by atoms with Crippen molar-refractivity contribution in [2.45, 2.75) is 58.7 Å². The Morgan fingerprint density at radius 2 is 1.90 bits per heavy atom. The van der Waals surface area contributed by atoms with Crippen LogP contribution in [0, 0.1) is 36.8 Å². The predicted octanol–water partition coefficient (Wildman–Crippen LogP) is 5.71. The van der Waals surface area contributed by atoms with E-state index in [4.69, 9.17) is 15.0 Å². The summed E-state index contributed by atoms with van der Waals surface area (Å²) in [6.45, 7) is 8.71. The summed E-state index contributed by atoms with van der Waals surface area (Å²) in [5, 5.41) is 31.3. The fraction of sp³-hybridized carbons (Fsp3) is 0.306. The first-order chi connectivity index (χ1) is 23.0. The van der Waals surface area contributed by atoms with E-state index < -0.39 is 23.2 Å². The highest BCUT2D eigenvalue weighted by Gasteiger charge is 2.43. The quantitative estimate of drug-likeness (QED) is 0.0714. The third kappa shape index (κ3) is 7.82. The maximum absolute atomic E-state index is 15.3. The molecule has 3 aromatic carbocycles. The van der Waals surface area contributed by atoms with E-state index in [1.165, 1.54) is 22.1 Å². The lowest BCUT2D eigenvalue weighted by atomic mass is 9.82. The van der Waals surface area contributed by atoms with Gasteiger partial charge in [-0.05, 0) is 73.8 Å². The number of rotatable bonds is 13. The molecular weight excluding hydrogens is 634 g/mol. The van der Waals surface area contributed by atoms with Crippen molar-refractivity contribution in [3.63, 3.8) is 0 Å². The van der Waals surface area contributed by atoms with Crippen molar-refractivity contribution in [3.8, 4) is 23.1 Å². The summed E-state index contributed by atoms with van der Waals surface area (Å²) >= 11 is 1.32. The first kappa shape index (κ1) is 34.5. The smallest absolute Gasteiger partial charge is 0.325 e. The number of benzene rings is 3. The Bertz CT molecular complexity index is 1930. The van der Waals surface area contributed by atoms with Crippen molar-refractivity contribution in [3.05, 3.63) is 117 Å². The van der Waals surface area contributed by atoms with Crippen LogP contribution >= 0.6 is 11.3 Å². The molecule has 0 spiro atoms. The first-order valence-corrected chi connectivity index (χ1v) is 16.5. The number of aryl methyl sites for hydroxylation is 2. The lowest BCUT2D eigenvalue weighted by molar-refractivity contribution is -0.689. The van der Waals surface area contributed by atoms with Crippen molar-refractivity contribution in [1.29, 1.82) is 5.26 Å². The second-order valence-electron chi connectivity index (χ2n) is 11.9. The van der Waals surface area contributed by atoms with Crippen LogP contribution in [0.2, 0.25) is 0 Å². The Morgan fingerprint density at radius 3 is 2.56 bits per heavy atom. The predicted molar refractivity (Wildman–Crippen MR) is 177 cm³/mol. The first-order valence-electron chi connectivity index (χ1n) is 15.6. The molecule has 0 fully saturated rings. The second kappa shape index (κ2) is 14.9. The summed E-state index contributed by atoms with van der Waals surface area (Å²) in [5.41, 5.74) is 2.64. The molecule has 0 amide bonds. The number of ether oxygens (including phenoxy) is 1. The second-order valence-corrected chi connectivity index (χ2v) is 12.7. The van der Waals surface area contributed by atoms with Gasteiger partial charge in [-0.2, -0.15) is 5.26 Å². The number of hydrogen-bond donors (Lipinski definition) is 2. The largest absolute Gasteiger partial charge is 0.425 e. The van der Waals surface area contributed by atoms with Crippen molar-refractivity contribution in [1.82, 2.24) is 20.1 Å². The molecule has 0 saturated heterocycles. The molecule has 48 heavy (non-hydrogen) atoms. The summed E-state index contributed by atoms with van der Waals surface area (Å²) in [5.74, 6) is -2.15. The average Bonchev–Trinajstić information content (AvgIpc) is 3.72. The minimum absolute atomic E-state index is 0.0742. The van der Waals surface area contributed by atoms with Gasteiger partial charge in [-0.25, -0.2) is 18.3 Å². The molecule has 248 valence electrons. The molecule has 5 aromatic rings. The number of nitriles is 1. The van der Waals surface area contributed by atoms with Crippen LogP contribution in [-0.2, 0) is 23.5 Å². The van der Waals surface area contributed by atoms with E-state index in [9.17, 15) is 14.3 Å². The van der Waals surface area contributed by atoms with Gasteiger partial charge in [0.25, 0.3) is 6.33 Å². The summed E-state index contributed by atoms with van der Waals surface area (Å²) in [7, 11) is 0. The Labute approximate surface area is 282 Å². The highest BCUT2D eigenvalue weighted by molar-refractivity contribution is 7.10. The van der Waals surface area contributed by atoms with E-state index in [-0.39, 0.29) is 24.6 Å². The number of aromatic nitrogens is 4. The summed E-state index contributed by atoms with van der Waals surface area (Å²) in [6, 6.07) is 16.1. The molecule has 2 atom stereocenters. The SMILES string of the molecule is CCCNCC(=O)Oc1c(C)cc(C[n+]2cnn(C[C@](O)(c3ccc(F)cc3F)[C@@H](C)c3nc(-c4ccc(C#N)cc4)cs3)c2)cc1C. The maximum Gasteiger partial charge on any atom is 0.325 e. The van der Waals surface area contributed by atoms with Crippen LogP contribution in [-0.4, -0.2) is 38.9 Å². The van der Waals surface area contributed by atoms with Gasteiger partial charge in [0.2, 0.25) is 6.33 Å². The number of nitrogens with one attached hydrogen (secondary N) is 1. The fourth-order valence-electron chi connectivity index (χ4n) is 5.63. The average molecular weight is 672 g/mol. The summed E-state index contributed by atoms with van der Waals surface area (Å²) < 4.78 is 38.2. The zero-order valence-corrected chi connectivity index (χ0v) is 28.0. The van der Waals surface area contributed by atoms with Gasteiger partial charge in [0.15, 0.2) is 0 Å². The maximum atomic E-state index is 15.3. The Hall–Kier alpha value is -4.83. The van der Waals surface area contributed by atoms with E-state index in [0.717, 1.165) is 47.4 Å². The topological polar surface area (TPSA) is 117 Å². The molecule has 0 saturated carbocycles.